The molecule has 7 heteroatoms. The maximum Gasteiger partial charge on any atom is 0.320 e. The summed E-state index contributed by atoms with van der Waals surface area (Å²) in [4.78, 5) is 37.2. The van der Waals surface area contributed by atoms with E-state index in [0.29, 0.717) is 11.3 Å². The Hall–Kier alpha value is -2.57. The second kappa shape index (κ2) is 8.41. The highest BCUT2D eigenvalue weighted by Gasteiger charge is 2.46. The Balaban J connectivity index is 2.42. The Morgan fingerprint density at radius 3 is 2.26 bits per heavy atom. The number of hydrogen-bond donors (Lipinski definition) is 0. The van der Waals surface area contributed by atoms with Crippen LogP contribution in [0.5, 0.6) is 5.75 Å². The number of carbonyl (C=O) groups is 3. The van der Waals surface area contributed by atoms with Gasteiger partial charge in [-0.05, 0) is 32.4 Å². The minimum Gasteiger partial charge on any atom is -0.493 e. The van der Waals surface area contributed by atoms with Gasteiger partial charge in [-0.3, -0.25) is 14.4 Å². The van der Waals surface area contributed by atoms with Crippen LogP contribution in [-0.4, -0.2) is 44.3 Å². The van der Waals surface area contributed by atoms with Crippen molar-refractivity contribution in [3.8, 4) is 5.75 Å². The molecule has 0 N–H and O–H groups in total. The van der Waals surface area contributed by atoms with Crippen LogP contribution in [0.15, 0.2) is 24.3 Å². The molecule has 0 radical (unpaired) electrons. The fourth-order valence-corrected chi connectivity index (χ4v) is 3.32. The van der Waals surface area contributed by atoms with Crippen LogP contribution in [0.3, 0.4) is 0 Å². The average molecular weight is 378 g/mol. The first kappa shape index (κ1) is 20.7. The van der Waals surface area contributed by atoms with Gasteiger partial charge in [-0.2, -0.15) is 0 Å². The lowest BCUT2D eigenvalue weighted by molar-refractivity contribution is -0.164. The summed E-state index contributed by atoms with van der Waals surface area (Å²) in [5.41, 5.74) is 0.0301. The van der Waals surface area contributed by atoms with Crippen LogP contribution < -0.4 is 4.74 Å². The van der Waals surface area contributed by atoms with E-state index in [1.807, 2.05) is 0 Å². The number of para-hydroxylation sites is 1. The second-order valence-electron chi connectivity index (χ2n) is 7.45. The maximum absolute atomic E-state index is 12.4. The molecular formula is C20H26O7. The van der Waals surface area contributed by atoms with Crippen LogP contribution >= 0.6 is 0 Å². The molecule has 0 saturated heterocycles. The number of ether oxygens (including phenoxy) is 4. The number of rotatable bonds is 5. The lowest BCUT2D eigenvalue weighted by Crippen LogP contribution is -2.41. The van der Waals surface area contributed by atoms with Gasteiger partial charge >= 0.3 is 17.9 Å². The van der Waals surface area contributed by atoms with Crippen LogP contribution in [0.2, 0.25) is 0 Å². The van der Waals surface area contributed by atoms with Gasteiger partial charge in [0.05, 0.1) is 27.2 Å². The second-order valence-corrected chi connectivity index (χ2v) is 7.45. The molecule has 2 rings (SSSR count). The Labute approximate surface area is 158 Å². The van der Waals surface area contributed by atoms with Crippen molar-refractivity contribution in [1.82, 2.24) is 0 Å². The van der Waals surface area contributed by atoms with Crippen LogP contribution in [-0.2, 0) is 28.6 Å². The first-order chi connectivity index (χ1) is 12.7. The van der Waals surface area contributed by atoms with Crippen LogP contribution in [0.1, 0.15) is 38.7 Å². The molecule has 0 spiro atoms. The molecule has 2 unspecified atom stereocenters. The zero-order chi connectivity index (χ0) is 20.2. The standard InChI is InChI=1S/C20H26O7/c1-20(2,3)27-15(21)10-12-11-26-14-9-7-6-8-13(14)16(12)17(18(22)24-4)19(23)25-5/h6-9,12,16-17H,10-11H2,1-5H3. The van der Waals surface area contributed by atoms with E-state index < -0.39 is 41.3 Å². The molecule has 1 aliphatic heterocycles. The lowest BCUT2D eigenvalue weighted by atomic mass is 9.74. The molecule has 148 valence electrons. The molecule has 1 aromatic carbocycles. The highest BCUT2D eigenvalue weighted by atomic mass is 16.6. The van der Waals surface area contributed by atoms with Crippen molar-refractivity contribution in [3.63, 3.8) is 0 Å². The number of fused-ring (bicyclic) bond motifs is 1. The molecule has 0 fully saturated rings. The third kappa shape index (κ3) is 4.99. The van der Waals surface area contributed by atoms with E-state index in [0.717, 1.165) is 0 Å². The van der Waals surface area contributed by atoms with Crippen LogP contribution in [0.25, 0.3) is 0 Å². The van der Waals surface area contributed by atoms with Gasteiger partial charge in [-0.15, -0.1) is 0 Å². The smallest absolute Gasteiger partial charge is 0.320 e. The van der Waals surface area contributed by atoms with Gasteiger partial charge in [0, 0.05) is 11.8 Å². The summed E-state index contributed by atoms with van der Waals surface area (Å²) in [7, 11) is 2.43. The fourth-order valence-electron chi connectivity index (χ4n) is 3.32. The van der Waals surface area contributed by atoms with Crippen molar-refractivity contribution in [1.29, 1.82) is 0 Å². The van der Waals surface area contributed by atoms with Gasteiger partial charge in [0.15, 0.2) is 5.92 Å². The number of carbonyl (C=O) groups excluding carboxylic acids is 3. The average Bonchev–Trinajstić information content (AvgIpc) is 2.61. The van der Waals surface area contributed by atoms with E-state index in [1.165, 1.54) is 14.2 Å². The Morgan fingerprint density at radius 2 is 1.70 bits per heavy atom. The van der Waals surface area contributed by atoms with E-state index in [1.54, 1.807) is 45.0 Å². The molecule has 7 nitrogen and oxygen atoms in total. The van der Waals surface area contributed by atoms with Crippen LogP contribution in [0, 0.1) is 11.8 Å². The quantitative estimate of drug-likeness (QED) is 0.442. The molecule has 1 aliphatic rings. The first-order valence-corrected chi connectivity index (χ1v) is 8.77. The lowest BCUT2D eigenvalue weighted by Gasteiger charge is -2.36. The van der Waals surface area contributed by atoms with Crippen molar-refractivity contribution in [3.05, 3.63) is 29.8 Å². The molecule has 0 aliphatic carbocycles. The molecule has 1 aromatic rings. The number of methoxy groups -OCH3 is 2. The molecule has 0 aromatic heterocycles. The van der Waals surface area contributed by atoms with E-state index in [4.69, 9.17) is 18.9 Å². The minimum atomic E-state index is -1.20. The molecule has 0 amide bonds. The highest BCUT2D eigenvalue weighted by Crippen LogP contribution is 2.44. The zero-order valence-corrected chi connectivity index (χ0v) is 16.3. The topological polar surface area (TPSA) is 88.1 Å². The summed E-state index contributed by atoms with van der Waals surface area (Å²) in [6.07, 6.45) is 0.000753. The van der Waals surface area contributed by atoms with Gasteiger partial charge in [0.1, 0.15) is 11.4 Å². The largest absolute Gasteiger partial charge is 0.493 e. The van der Waals surface area contributed by atoms with E-state index in [-0.39, 0.29) is 13.0 Å². The fraction of sp³-hybridized carbons (Fsp3) is 0.550. The van der Waals surface area contributed by atoms with Crippen molar-refractivity contribution in [2.45, 2.75) is 38.7 Å². The van der Waals surface area contributed by atoms with Gasteiger partial charge in [-0.1, -0.05) is 18.2 Å². The van der Waals surface area contributed by atoms with Crippen LogP contribution in [0.4, 0.5) is 0 Å². The van der Waals surface area contributed by atoms with Crippen molar-refractivity contribution >= 4 is 17.9 Å². The van der Waals surface area contributed by atoms with Gasteiger partial charge in [0.2, 0.25) is 0 Å². The third-order valence-electron chi connectivity index (χ3n) is 4.36. The summed E-state index contributed by atoms with van der Waals surface area (Å²) in [6.45, 7) is 5.51. The Bertz CT molecular complexity index is 689. The number of benzene rings is 1. The van der Waals surface area contributed by atoms with Crippen molar-refractivity contribution in [2.24, 2.45) is 11.8 Å². The molecule has 1 heterocycles. The first-order valence-electron chi connectivity index (χ1n) is 8.77. The zero-order valence-electron chi connectivity index (χ0n) is 16.3. The molecule has 0 saturated carbocycles. The monoisotopic (exact) mass is 378 g/mol. The van der Waals surface area contributed by atoms with E-state index in [9.17, 15) is 14.4 Å². The molecule has 27 heavy (non-hydrogen) atoms. The summed E-state index contributed by atoms with van der Waals surface area (Å²) in [5.74, 6) is -3.54. The van der Waals surface area contributed by atoms with Crippen molar-refractivity contribution < 1.29 is 33.3 Å². The molecule has 0 bridgehead atoms. The molecule has 2 atom stereocenters. The summed E-state index contributed by atoms with van der Waals surface area (Å²) >= 11 is 0. The SMILES string of the molecule is COC(=O)C(C(=O)OC)C1c2ccccc2OCC1CC(=O)OC(C)(C)C. The highest BCUT2D eigenvalue weighted by molar-refractivity contribution is 5.96. The summed E-state index contributed by atoms with van der Waals surface area (Å²) < 4.78 is 20.8. The van der Waals surface area contributed by atoms with Gasteiger partial charge in [0.25, 0.3) is 0 Å². The van der Waals surface area contributed by atoms with Gasteiger partial charge < -0.3 is 18.9 Å². The summed E-state index contributed by atoms with van der Waals surface area (Å²) in [5, 5.41) is 0. The Kier molecular flexibility index (Phi) is 6.46. The third-order valence-corrected chi connectivity index (χ3v) is 4.36. The van der Waals surface area contributed by atoms with E-state index in [2.05, 4.69) is 0 Å². The molecular weight excluding hydrogens is 352 g/mol. The number of hydrogen-bond acceptors (Lipinski definition) is 7. The predicted octanol–water partition coefficient (Wildman–Crippen LogP) is 2.47. The minimum absolute atomic E-state index is 0.000753. The summed E-state index contributed by atoms with van der Waals surface area (Å²) in [6, 6.07) is 7.13. The Morgan fingerprint density at radius 1 is 1.11 bits per heavy atom. The van der Waals surface area contributed by atoms with E-state index >= 15 is 0 Å². The maximum atomic E-state index is 12.4. The predicted molar refractivity (Wildman–Crippen MR) is 96.2 cm³/mol. The van der Waals surface area contributed by atoms with Crippen molar-refractivity contribution in [2.75, 3.05) is 20.8 Å². The van der Waals surface area contributed by atoms with Gasteiger partial charge in [-0.25, -0.2) is 0 Å². The number of esters is 3. The normalized spacial score (nSPS) is 18.9.